The molecule has 20 heavy (non-hydrogen) atoms. The van der Waals surface area contributed by atoms with E-state index in [4.69, 9.17) is 5.73 Å². The van der Waals surface area contributed by atoms with E-state index < -0.39 is 0 Å². The minimum atomic E-state index is 0. The largest absolute Gasteiger partial charge is 0.338 e. The number of nitrogens with two attached hydrogens (primary N) is 1. The summed E-state index contributed by atoms with van der Waals surface area (Å²) in [5, 5.41) is 0. The number of aromatic nitrogens is 2. The van der Waals surface area contributed by atoms with Crippen molar-refractivity contribution >= 4 is 30.7 Å². The van der Waals surface area contributed by atoms with Crippen molar-refractivity contribution in [1.82, 2.24) is 14.9 Å². The minimum absolute atomic E-state index is 0. The maximum atomic E-state index is 12.3. The number of carbonyl (C=O) groups is 1. The van der Waals surface area contributed by atoms with Gasteiger partial charge in [0.05, 0.1) is 6.20 Å². The van der Waals surface area contributed by atoms with Gasteiger partial charge >= 0.3 is 0 Å². The molecule has 1 saturated carbocycles. The lowest BCUT2D eigenvalue weighted by atomic mass is 9.90. The molecule has 1 aliphatic heterocycles. The zero-order chi connectivity index (χ0) is 12.8. The normalized spacial score (nSPS) is 25.0. The molecule has 2 fully saturated rings. The molecule has 1 atom stereocenters. The predicted molar refractivity (Wildman–Crippen MR) is 82.7 cm³/mol. The van der Waals surface area contributed by atoms with Crippen LogP contribution in [0.2, 0.25) is 0 Å². The summed E-state index contributed by atoms with van der Waals surface area (Å²) in [7, 11) is 0. The summed E-state index contributed by atoms with van der Waals surface area (Å²) in [5.74, 6) is 1.59. The Kier molecular flexibility index (Phi) is 5.46. The highest BCUT2D eigenvalue weighted by atomic mass is 35.5. The molecule has 3 rings (SSSR count). The van der Waals surface area contributed by atoms with E-state index in [1.165, 1.54) is 12.8 Å². The number of likely N-dealkylation sites (tertiary alicyclic amines) is 1. The first-order valence-electron chi connectivity index (χ1n) is 6.65. The van der Waals surface area contributed by atoms with E-state index in [0.29, 0.717) is 18.2 Å². The topological polar surface area (TPSA) is 75.0 Å². The highest BCUT2D eigenvalue weighted by Crippen LogP contribution is 2.38. The molecule has 2 heterocycles. The lowest BCUT2D eigenvalue weighted by Gasteiger charge is -2.22. The van der Waals surface area contributed by atoms with Gasteiger partial charge in [-0.05, 0) is 31.2 Å². The van der Waals surface area contributed by atoms with Gasteiger partial charge in [-0.15, -0.1) is 24.8 Å². The Morgan fingerprint density at radius 2 is 2.25 bits per heavy atom. The summed E-state index contributed by atoms with van der Waals surface area (Å²) in [5.41, 5.74) is 6.46. The van der Waals surface area contributed by atoms with E-state index in [1.807, 2.05) is 4.90 Å². The third kappa shape index (κ3) is 3.27. The van der Waals surface area contributed by atoms with Crippen LogP contribution in [0.5, 0.6) is 0 Å². The lowest BCUT2D eigenvalue weighted by Crippen LogP contribution is -2.34. The quantitative estimate of drug-likeness (QED) is 0.893. The number of halogens is 2. The maximum Gasteiger partial charge on any atom is 0.271 e. The molecule has 1 saturated heterocycles. The standard InChI is InChI=1S/C13H20N4O.2ClH/c1-13(7-14)4-5-17(8-13)12(18)10-6-15-11(16-10)9-2-3-9;;/h6,9H,2-5,7-8,14H2,1H3,(H,15,16);2*1H. The van der Waals surface area contributed by atoms with Crippen LogP contribution in [0.4, 0.5) is 0 Å². The van der Waals surface area contributed by atoms with E-state index in [2.05, 4.69) is 16.9 Å². The third-order valence-corrected chi connectivity index (χ3v) is 4.13. The first-order valence-corrected chi connectivity index (χ1v) is 6.65. The molecular formula is C13H22Cl2N4O. The van der Waals surface area contributed by atoms with E-state index >= 15 is 0 Å². The van der Waals surface area contributed by atoms with Crippen LogP contribution in [0.25, 0.3) is 0 Å². The highest BCUT2D eigenvalue weighted by molar-refractivity contribution is 5.92. The lowest BCUT2D eigenvalue weighted by molar-refractivity contribution is 0.0771. The first-order chi connectivity index (χ1) is 8.61. The van der Waals surface area contributed by atoms with Crippen molar-refractivity contribution in [3.05, 3.63) is 17.7 Å². The Bertz CT molecular complexity index is 475. The molecular weight excluding hydrogens is 299 g/mol. The number of nitrogens with one attached hydrogen (secondary N) is 1. The number of aromatic amines is 1. The third-order valence-electron chi connectivity index (χ3n) is 4.13. The Labute approximate surface area is 131 Å². The van der Waals surface area contributed by atoms with Gasteiger partial charge in [0.15, 0.2) is 0 Å². The van der Waals surface area contributed by atoms with Crippen molar-refractivity contribution in [1.29, 1.82) is 0 Å². The first kappa shape index (κ1) is 17.3. The Morgan fingerprint density at radius 1 is 1.55 bits per heavy atom. The monoisotopic (exact) mass is 320 g/mol. The zero-order valence-corrected chi connectivity index (χ0v) is 13.2. The molecule has 2 aliphatic rings. The van der Waals surface area contributed by atoms with Crippen molar-refractivity contribution in [2.24, 2.45) is 11.1 Å². The van der Waals surface area contributed by atoms with Crippen LogP contribution in [-0.4, -0.2) is 40.4 Å². The molecule has 0 aromatic carbocycles. The van der Waals surface area contributed by atoms with Crippen LogP contribution < -0.4 is 5.73 Å². The number of hydrogen-bond donors (Lipinski definition) is 2. The van der Waals surface area contributed by atoms with Crippen LogP contribution in [0.3, 0.4) is 0 Å². The fraction of sp³-hybridized carbons (Fsp3) is 0.692. The van der Waals surface area contributed by atoms with E-state index in [0.717, 1.165) is 25.3 Å². The number of nitrogens with zero attached hydrogens (tertiary/aromatic N) is 2. The number of amides is 1. The van der Waals surface area contributed by atoms with E-state index in [-0.39, 0.29) is 36.1 Å². The van der Waals surface area contributed by atoms with E-state index in [1.54, 1.807) is 6.20 Å². The molecule has 0 bridgehead atoms. The van der Waals surface area contributed by atoms with Gasteiger partial charge in [-0.3, -0.25) is 4.79 Å². The van der Waals surface area contributed by atoms with Crippen molar-refractivity contribution in [2.75, 3.05) is 19.6 Å². The van der Waals surface area contributed by atoms with Gasteiger partial charge in [0.1, 0.15) is 11.5 Å². The van der Waals surface area contributed by atoms with E-state index in [9.17, 15) is 4.79 Å². The summed E-state index contributed by atoms with van der Waals surface area (Å²) < 4.78 is 0. The molecule has 0 spiro atoms. The number of imidazole rings is 1. The van der Waals surface area contributed by atoms with Gasteiger partial charge in [-0.25, -0.2) is 4.98 Å². The zero-order valence-electron chi connectivity index (χ0n) is 11.6. The van der Waals surface area contributed by atoms with Crippen LogP contribution in [-0.2, 0) is 0 Å². The SMILES string of the molecule is CC1(CN)CCN(C(=O)c2cnc(C3CC3)[nH]2)C1.Cl.Cl. The Balaban J connectivity index is 0.000001000. The summed E-state index contributed by atoms with van der Waals surface area (Å²) in [6.45, 7) is 4.32. The molecule has 1 unspecified atom stereocenters. The fourth-order valence-electron chi connectivity index (χ4n) is 2.54. The van der Waals surface area contributed by atoms with Gasteiger partial charge in [-0.1, -0.05) is 6.92 Å². The minimum Gasteiger partial charge on any atom is -0.338 e. The van der Waals surface area contributed by atoms with Crippen LogP contribution >= 0.6 is 24.8 Å². The molecule has 114 valence electrons. The average Bonchev–Trinajstić information content (AvgIpc) is 2.97. The van der Waals surface area contributed by atoms with Crippen molar-refractivity contribution < 1.29 is 4.79 Å². The fourth-order valence-corrected chi connectivity index (χ4v) is 2.54. The number of hydrogen-bond acceptors (Lipinski definition) is 3. The van der Waals surface area contributed by atoms with Crippen LogP contribution in [0.1, 0.15) is 48.4 Å². The summed E-state index contributed by atoms with van der Waals surface area (Å²) in [6, 6.07) is 0. The van der Waals surface area contributed by atoms with Gasteiger partial charge in [0.25, 0.3) is 5.91 Å². The molecule has 3 N–H and O–H groups in total. The van der Waals surface area contributed by atoms with Crippen LogP contribution in [0, 0.1) is 5.41 Å². The molecule has 1 amide bonds. The van der Waals surface area contributed by atoms with Gasteiger partial charge < -0.3 is 15.6 Å². The van der Waals surface area contributed by atoms with Gasteiger partial charge in [0, 0.05) is 19.0 Å². The van der Waals surface area contributed by atoms with Crippen LogP contribution in [0.15, 0.2) is 6.20 Å². The smallest absolute Gasteiger partial charge is 0.271 e. The Hall–Kier alpha value is -0.780. The second kappa shape index (κ2) is 6.33. The highest BCUT2D eigenvalue weighted by Gasteiger charge is 2.36. The van der Waals surface area contributed by atoms with Crippen molar-refractivity contribution in [3.63, 3.8) is 0 Å². The number of carbonyl (C=O) groups excluding carboxylic acids is 1. The molecule has 5 nitrogen and oxygen atoms in total. The predicted octanol–water partition coefficient (Wildman–Crippen LogP) is 1.94. The summed E-state index contributed by atoms with van der Waals surface area (Å²) >= 11 is 0. The Morgan fingerprint density at radius 3 is 2.80 bits per heavy atom. The number of H-pyrrole nitrogens is 1. The van der Waals surface area contributed by atoms with Crippen molar-refractivity contribution in [2.45, 2.75) is 32.1 Å². The van der Waals surface area contributed by atoms with Gasteiger partial charge in [0.2, 0.25) is 0 Å². The second-order valence-corrected chi connectivity index (χ2v) is 5.95. The molecule has 1 aromatic heterocycles. The molecule has 1 aromatic rings. The average molecular weight is 321 g/mol. The van der Waals surface area contributed by atoms with Crippen molar-refractivity contribution in [3.8, 4) is 0 Å². The second-order valence-electron chi connectivity index (χ2n) is 5.95. The maximum absolute atomic E-state index is 12.3. The molecule has 7 heteroatoms. The number of rotatable bonds is 3. The summed E-state index contributed by atoms with van der Waals surface area (Å²) in [6.07, 6.45) is 5.04. The molecule has 1 aliphatic carbocycles. The van der Waals surface area contributed by atoms with Gasteiger partial charge in [-0.2, -0.15) is 0 Å². The summed E-state index contributed by atoms with van der Waals surface area (Å²) in [4.78, 5) is 21.7. The molecule has 0 radical (unpaired) electrons.